The zero-order valence-electron chi connectivity index (χ0n) is 23.2. The minimum absolute atomic E-state index is 0.323. The molecule has 44 heavy (non-hydrogen) atoms. The summed E-state index contributed by atoms with van der Waals surface area (Å²) < 4.78 is 15.3. The first-order valence-corrected chi connectivity index (χ1v) is 15.4. The van der Waals surface area contributed by atoms with E-state index in [1.54, 1.807) is 29.3 Å². The lowest BCUT2D eigenvalue weighted by Crippen LogP contribution is -2.63. The van der Waals surface area contributed by atoms with Crippen LogP contribution in [0.5, 0.6) is 0 Å². The molecule has 0 saturated carbocycles. The highest BCUT2D eigenvalue weighted by Crippen LogP contribution is 2.77. The number of amides is 2. The van der Waals surface area contributed by atoms with Crippen LogP contribution in [0.3, 0.4) is 0 Å². The topological polar surface area (TPSA) is 49.9 Å². The molecule has 2 heterocycles. The number of hydroxylamine groups is 1. The molecule has 2 fully saturated rings. The van der Waals surface area contributed by atoms with Gasteiger partial charge in [0.05, 0.1) is 17.3 Å². The first-order chi connectivity index (χ1) is 21.5. The summed E-state index contributed by atoms with van der Waals surface area (Å²) in [4.78, 5) is 39.4. The lowest BCUT2D eigenvalue weighted by atomic mass is 9.43. The van der Waals surface area contributed by atoms with Crippen molar-refractivity contribution in [1.29, 1.82) is 0 Å². The third-order valence-electron chi connectivity index (χ3n) is 9.98. The second-order valence-electron chi connectivity index (χ2n) is 11.9. The van der Waals surface area contributed by atoms with Crippen LogP contribution in [0, 0.1) is 11.2 Å². The van der Waals surface area contributed by atoms with Crippen molar-refractivity contribution in [2.75, 3.05) is 9.96 Å². The highest BCUT2D eigenvalue weighted by atomic mass is 79.9. The van der Waals surface area contributed by atoms with Crippen molar-refractivity contribution in [2.24, 2.45) is 5.41 Å². The molecule has 5 nitrogen and oxygen atoms in total. The second kappa shape index (κ2) is 8.97. The molecule has 5 aromatic carbocycles. The van der Waals surface area contributed by atoms with Crippen molar-refractivity contribution in [3.8, 4) is 0 Å². The summed E-state index contributed by atoms with van der Waals surface area (Å²) in [7, 11) is 0. The van der Waals surface area contributed by atoms with Gasteiger partial charge in [0.15, 0.2) is 0 Å². The molecule has 5 aliphatic rings. The SMILES string of the molecule is O=C1N(c2ccc(Br)cc2)C(=O)C23C4c5ccccc5C(c5ccccc54)C12ON(c1ccccc1)C3c1ccc(F)cc1. The van der Waals surface area contributed by atoms with Crippen LogP contribution < -0.4 is 9.96 Å². The van der Waals surface area contributed by atoms with Crippen LogP contribution in [-0.2, 0) is 14.4 Å². The molecule has 0 spiro atoms. The number of halogens is 2. The molecule has 3 aliphatic carbocycles. The Bertz CT molecular complexity index is 1950. The summed E-state index contributed by atoms with van der Waals surface area (Å²) in [6, 6.07) is 38.5. The predicted octanol–water partition coefficient (Wildman–Crippen LogP) is 7.67. The lowest BCUT2D eigenvalue weighted by Gasteiger charge is -2.55. The number of carbonyl (C=O) groups is 2. The number of hydrogen-bond donors (Lipinski definition) is 0. The number of anilines is 2. The van der Waals surface area contributed by atoms with E-state index >= 15 is 9.59 Å². The van der Waals surface area contributed by atoms with Crippen molar-refractivity contribution in [3.05, 3.63) is 166 Å². The first-order valence-electron chi connectivity index (χ1n) is 14.6. The van der Waals surface area contributed by atoms with Gasteiger partial charge in [0.2, 0.25) is 11.5 Å². The molecule has 3 unspecified atom stereocenters. The minimum atomic E-state index is -1.61. The van der Waals surface area contributed by atoms with Gasteiger partial charge >= 0.3 is 0 Å². The molecule has 7 heteroatoms. The van der Waals surface area contributed by atoms with Gasteiger partial charge in [-0.3, -0.25) is 14.4 Å². The maximum absolute atomic E-state index is 15.6. The Hall–Kier alpha value is -4.59. The van der Waals surface area contributed by atoms with Gasteiger partial charge in [-0.1, -0.05) is 94.8 Å². The Morgan fingerprint density at radius 2 is 1.16 bits per heavy atom. The zero-order chi connectivity index (χ0) is 29.8. The predicted molar refractivity (Wildman–Crippen MR) is 168 cm³/mol. The van der Waals surface area contributed by atoms with E-state index in [-0.39, 0.29) is 11.7 Å². The molecule has 0 N–H and O–H groups in total. The fourth-order valence-corrected chi connectivity index (χ4v) is 8.76. The highest BCUT2D eigenvalue weighted by molar-refractivity contribution is 9.10. The number of rotatable bonds is 3. The molecule has 3 atom stereocenters. The third-order valence-corrected chi connectivity index (χ3v) is 10.5. The fraction of sp³-hybridized carbons (Fsp3) is 0.135. The number of carbonyl (C=O) groups excluding carboxylic acids is 2. The van der Waals surface area contributed by atoms with Crippen LogP contribution >= 0.6 is 15.9 Å². The van der Waals surface area contributed by atoms with E-state index in [0.29, 0.717) is 16.9 Å². The molecule has 10 rings (SSSR count). The summed E-state index contributed by atoms with van der Waals surface area (Å²) in [5.41, 5.74) is 2.85. The largest absolute Gasteiger partial charge is 0.273 e. The van der Waals surface area contributed by atoms with Crippen molar-refractivity contribution < 1.29 is 18.8 Å². The molecule has 2 aliphatic heterocycles. The standard InChI is InChI=1S/C37H24BrFN2O3/c38-23-16-20-25(21-17-23)40-34(42)36-31-27-10-4-6-12-29(27)32(30-13-7-5-11-28(30)31)37(36,35(40)43)44-41(26-8-2-1-3-9-26)33(36)22-14-18-24(39)19-15-22/h1-21,31-33H. The van der Waals surface area contributed by atoms with Gasteiger partial charge in [0.25, 0.3) is 5.91 Å². The highest BCUT2D eigenvalue weighted by Gasteiger charge is 2.87. The van der Waals surface area contributed by atoms with Crippen LogP contribution in [0.15, 0.2) is 132 Å². The van der Waals surface area contributed by atoms with Crippen molar-refractivity contribution in [1.82, 2.24) is 0 Å². The zero-order valence-corrected chi connectivity index (χ0v) is 24.8. The van der Waals surface area contributed by atoms with Crippen molar-refractivity contribution in [3.63, 3.8) is 0 Å². The number of para-hydroxylation sites is 1. The quantitative estimate of drug-likeness (QED) is 0.190. The Balaban J connectivity index is 1.43. The van der Waals surface area contributed by atoms with E-state index in [1.165, 1.54) is 17.0 Å². The van der Waals surface area contributed by atoms with Crippen LogP contribution in [-0.4, -0.2) is 17.4 Å². The number of nitrogens with zero attached hydrogens (tertiary/aromatic N) is 2. The van der Waals surface area contributed by atoms with Crippen molar-refractivity contribution >= 4 is 39.1 Å². The average molecular weight is 644 g/mol. The maximum Gasteiger partial charge on any atom is 0.271 e. The van der Waals surface area contributed by atoms with E-state index in [4.69, 9.17) is 4.84 Å². The molecular formula is C37H24BrFN2O3. The van der Waals surface area contributed by atoms with Gasteiger partial charge in [-0.15, -0.1) is 0 Å². The second-order valence-corrected chi connectivity index (χ2v) is 12.8. The number of imide groups is 1. The van der Waals surface area contributed by atoms with E-state index in [9.17, 15) is 4.39 Å². The summed E-state index contributed by atoms with van der Waals surface area (Å²) >= 11 is 3.49. The van der Waals surface area contributed by atoms with Gasteiger partial charge < -0.3 is 0 Å². The number of hydrogen-bond acceptors (Lipinski definition) is 4. The van der Waals surface area contributed by atoms with E-state index in [1.807, 2.05) is 66.7 Å². The molecular weight excluding hydrogens is 619 g/mol. The Morgan fingerprint density at radius 1 is 0.614 bits per heavy atom. The lowest BCUT2D eigenvalue weighted by molar-refractivity contribution is -0.153. The molecule has 2 bridgehead atoms. The summed E-state index contributed by atoms with van der Waals surface area (Å²) in [5.74, 6) is -2.17. The van der Waals surface area contributed by atoms with Crippen LogP contribution in [0.4, 0.5) is 15.8 Å². The monoisotopic (exact) mass is 642 g/mol. The van der Waals surface area contributed by atoms with Crippen LogP contribution in [0.25, 0.3) is 0 Å². The first kappa shape index (κ1) is 25.9. The molecule has 2 amide bonds. The summed E-state index contributed by atoms with van der Waals surface area (Å²) in [5, 5.41) is 1.75. The Morgan fingerprint density at radius 3 is 1.75 bits per heavy atom. The van der Waals surface area contributed by atoms with Gasteiger partial charge in [-0.25, -0.2) is 14.4 Å². The smallest absolute Gasteiger partial charge is 0.271 e. The van der Waals surface area contributed by atoms with E-state index in [0.717, 1.165) is 26.7 Å². The third kappa shape index (κ3) is 2.96. The van der Waals surface area contributed by atoms with E-state index < -0.39 is 34.8 Å². The summed E-state index contributed by atoms with van der Waals surface area (Å²) in [6.45, 7) is 0. The average Bonchev–Trinajstić information content (AvgIpc) is 3.50. The number of benzene rings is 5. The fourth-order valence-electron chi connectivity index (χ4n) is 8.50. The van der Waals surface area contributed by atoms with Gasteiger partial charge in [0, 0.05) is 10.4 Å². The molecule has 2 saturated heterocycles. The summed E-state index contributed by atoms with van der Waals surface area (Å²) in [6.07, 6.45) is 0. The molecule has 214 valence electrons. The van der Waals surface area contributed by atoms with Gasteiger partial charge in [-0.05, 0) is 76.3 Å². The van der Waals surface area contributed by atoms with Crippen LogP contribution in [0.1, 0.15) is 45.7 Å². The normalized spacial score (nSPS) is 27.6. The molecule has 0 radical (unpaired) electrons. The van der Waals surface area contributed by atoms with Crippen LogP contribution in [0.2, 0.25) is 0 Å². The minimum Gasteiger partial charge on any atom is -0.273 e. The van der Waals surface area contributed by atoms with E-state index in [2.05, 4.69) is 40.2 Å². The van der Waals surface area contributed by atoms with Gasteiger partial charge in [-0.2, -0.15) is 0 Å². The maximum atomic E-state index is 15.6. The molecule has 5 aromatic rings. The molecule has 0 aromatic heterocycles. The Kier molecular flexibility index (Phi) is 5.27. The van der Waals surface area contributed by atoms with Crippen molar-refractivity contribution in [2.45, 2.75) is 23.5 Å². The Labute approximate surface area is 261 Å². The van der Waals surface area contributed by atoms with Gasteiger partial charge in [0.1, 0.15) is 17.3 Å².